The monoisotopic (exact) mass is 273 g/mol. The number of amides is 1. The zero-order chi connectivity index (χ0) is 12.6. The summed E-state index contributed by atoms with van der Waals surface area (Å²) in [5, 5.41) is 12.0. The molecule has 1 aromatic heterocycles. The van der Waals surface area contributed by atoms with Crippen LogP contribution in [-0.2, 0) is 0 Å². The zero-order valence-electron chi connectivity index (χ0n) is 9.94. The lowest BCUT2D eigenvalue weighted by molar-refractivity contribution is 0.0767. The van der Waals surface area contributed by atoms with Crippen LogP contribution in [0.3, 0.4) is 0 Å². The van der Waals surface area contributed by atoms with Gasteiger partial charge in [0.25, 0.3) is 5.91 Å². The average molecular weight is 274 g/mol. The van der Waals surface area contributed by atoms with Gasteiger partial charge in [-0.1, -0.05) is 11.6 Å². The molecule has 0 spiro atoms. The molecule has 94 valence electrons. The normalized spacial score (nSPS) is 21.9. The van der Waals surface area contributed by atoms with E-state index in [4.69, 9.17) is 11.6 Å². The van der Waals surface area contributed by atoms with E-state index in [1.54, 1.807) is 11.8 Å². The molecule has 2 heterocycles. The third kappa shape index (κ3) is 2.49. The van der Waals surface area contributed by atoms with Crippen LogP contribution in [0.4, 0.5) is 0 Å². The number of aryl methyl sites for hydroxylation is 1. The van der Waals surface area contributed by atoms with Crippen molar-refractivity contribution in [2.24, 2.45) is 5.92 Å². The second-order valence-corrected chi connectivity index (χ2v) is 5.86. The lowest BCUT2D eigenvalue weighted by Gasteiger charge is -2.17. The molecule has 0 bridgehead atoms. The minimum atomic E-state index is -0.353. The summed E-state index contributed by atoms with van der Waals surface area (Å²) in [6.45, 7) is 5.02. The van der Waals surface area contributed by atoms with E-state index in [2.05, 4.69) is 0 Å². The van der Waals surface area contributed by atoms with E-state index in [1.807, 2.05) is 12.3 Å². The van der Waals surface area contributed by atoms with Gasteiger partial charge in [0.2, 0.25) is 0 Å². The fourth-order valence-electron chi connectivity index (χ4n) is 2.08. The Labute approximate surface area is 110 Å². The summed E-state index contributed by atoms with van der Waals surface area (Å²) in [5.41, 5.74) is 0.950. The fraction of sp³-hybridized carbons (Fsp3) is 0.583. The molecular weight excluding hydrogens is 258 g/mol. The highest BCUT2D eigenvalue weighted by Crippen LogP contribution is 2.30. The van der Waals surface area contributed by atoms with Crippen molar-refractivity contribution >= 4 is 28.8 Å². The molecule has 5 heteroatoms. The fourth-order valence-corrected chi connectivity index (χ4v) is 3.32. The van der Waals surface area contributed by atoms with E-state index < -0.39 is 0 Å². The van der Waals surface area contributed by atoms with Gasteiger partial charge >= 0.3 is 0 Å². The number of hydrogen-bond acceptors (Lipinski definition) is 3. The average Bonchev–Trinajstić information content (AvgIpc) is 2.87. The smallest absolute Gasteiger partial charge is 0.265 e. The molecule has 17 heavy (non-hydrogen) atoms. The van der Waals surface area contributed by atoms with Gasteiger partial charge in [0, 0.05) is 19.0 Å². The lowest BCUT2D eigenvalue weighted by Crippen LogP contribution is -2.30. The Balaban J connectivity index is 2.10. The summed E-state index contributed by atoms with van der Waals surface area (Å²) in [6, 6.07) is 0. The second kappa shape index (κ2) is 4.96. The standard InChI is InChI=1S/C12H16ClNO2S/c1-7-6-17-11(10(7)13)12(16)14-4-3-9(5-14)8(2)15/h6,8-9,15H,3-5H2,1-2H3. The van der Waals surface area contributed by atoms with Crippen LogP contribution >= 0.6 is 22.9 Å². The molecule has 1 N–H and O–H groups in total. The number of nitrogens with zero attached hydrogens (tertiary/aromatic N) is 1. The molecule has 0 radical (unpaired) electrons. The molecule has 1 saturated heterocycles. The van der Waals surface area contributed by atoms with Gasteiger partial charge in [-0.2, -0.15) is 0 Å². The molecule has 1 amide bonds. The van der Waals surface area contributed by atoms with Gasteiger partial charge in [0.1, 0.15) is 4.88 Å². The van der Waals surface area contributed by atoms with Gasteiger partial charge in [-0.15, -0.1) is 11.3 Å². The molecule has 1 aliphatic heterocycles. The maximum Gasteiger partial charge on any atom is 0.265 e. The van der Waals surface area contributed by atoms with Crippen LogP contribution in [0.5, 0.6) is 0 Å². The quantitative estimate of drug-likeness (QED) is 0.900. The van der Waals surface area contributed by atoms with Crippen LogP contribution in [0.2, 0.25) is 5.02 Å². The molecule has 1 fully saturated rings. The molecule has 2 rings (SSSR count). The molecule has 2 atom stereocenters. The maximum atomic E-state index is 12.2. The van der Waals surface area contributed by atoms with Crippen molar-refractivity contribution in [2.75, 3.05) is 13.1 Å². The molecule has 3 nitrogen and oxygen atoms in total. The van der Waals surface area contributed by atoms with Crippen molar-refractivity contribution < 1.29 is 9.90 Å². The summed E-state index contributed by atoms with van der Waals surface area (Å²) in [5.74, 6) is 0.190. The van der Waals surface area contributed by atoms with Crippen LogP contribution in [0, 0.1) is 12.8 Å². The third-order valence-corrected chi connectivity index (χ3v) is 4.97. The van der Waals surface area contributed by atoms with E-state index in [0.29, 0.717) is 23.0 Å². The first-order valence-electron chi connectivity index (χ1n) is 5.71. The largest absolute Gasteiger partial charge is 0.393 e. The van der Waals surface area contributed by atoms with Crippen molar-refractivity contribution in [3.63, 3.8) is 0 Å². The molecule has 1 aromatic rings. The van der Waals surface area contributed by atoms with E-state index in [1.165, 1.54) is 11.3 Å². The van der Waals surface area contributed by atoms with Crippen molar-refractivity contribution in [3.8, 4) is 0 Å². The first-order valence-corrected chi connectivity index (χ1v) is 6.97. The van der Waals surface area contributed by atoms with Crippen LogP contribution in [0.1, 0.15) is 28.6 Å². The minimum Gasteiger partial charge on any atom is -0.393 e. The molecule has 1 aliphatic rings. The van der Waals surface area contributed by atoms with Crippen molar-refractivity contribution in [1.29, 1.82) is 0 Å². The Bertz CT molecular complexity index is 430. The van der Waals surface area contributed by atoms with Gasteiger partial charge in [-0.05, 0) is 31.2 Å². The summed E-state index contributed by atoms with van der Waals surface area (Å²) in [4.78, 5) is 14.6. The van der Waals surface area contributed by atoms with E-state index in [0.717, 1.165) is 12.0 Å². The Hall–Kier alpha value is -0.580. The predicted octanol–water partition coefficient (Wildman–Crippen LogP) is 2.55. The van der Waals surface area contributed by atoms with Gasteiger partial charge in [0.15, 0.2) is 0 Å². The topological polar surface area (TPSA) is 40.5 Å². The Morgan fingerprint density at radius 1 is 1.71 bits per heavy atom. The molecule has 0 aliphatic carbocycles. The van der Waals surface area contributed by atoms with E-state index in [-0.39, 0.29) is 17.9 Å². The van der Waals surface area contributed by atoms with Crippen LogP contribution < -0.4 is 0 Å². The SMILES string of the molecule is Cc1csc(C(=O)N2CCC(C(C)O)C2)c1Cl. The van der Waals surface area contributed by atoms with Crippen LogP contribution in [0.15, 0.2) is 5.38 Å². The highest BCUT2D eigenvalue weighted by molar-refractivity contribution is 7.13. The summed E-state index contributed by atoms with van der Waals surface area (Å²) < 4.78 is 0. The highest BCUT2D eigenvalue weighted by atomic mass is 35.5. The van der Waals surface area contributed by atoms with Gasteiger partial charge in [-0.25, -0.2) is 0 Å². The number of thiophene rings is 1. The summed E-state index contributed by atoms with van der Waals surface area (Å²) in [7, 11) is 0. The summed E-state index contributed by atoms with van der Waals surface area (Å²) >= 11 is 7.49. The molecule has 0 saturated carbocycles. The number of halogens is 1. The Morgan fingerprint density at radius 3 is 2.88 bits per heavy atom. The third-order valence-electron chi connectivity index (χ3n) is 3.29. The zero-order valence-corrected chi connectivity index (χ0v) is 11.5. The van der Waals surface area contributed by atoms with E-state index in [9.17, 15) is 9.90 Å². The van der Waals surface area contributed by atoms with Crippen LogP contribution in [-0.4, -0.2) is 35.1 Å². The van der Waals surface area contributed by atoms with Crippen LogP contribution in [0.25, 0.3) is 0 Å². The number of aliphatic hydroxyl groups is 1. The number of hydrogen-bond donors (Lipinski definition) is 1. The van der Waals surface area contributed by atoms with Crippen molar-refractivity contribution in [2.45, 2.75) is 26.4 Å². The van der Waals surface area contributed by atoms with Gasteiger partial charge in [-0.3, -0.25) is 4.79 Å². The van der Waals surface area contributed by atoms with Gasteiger partial charge < -0.3 is 10.0 Å². The van der Waals surface area contributed by atoms with Gasteiger partial charge in [0.05, 0.1) is 11.1 Å². The Morgan fingerprint density at radius 2 is 2.41 bits per heavy atom. The highest BCUT2D eigenvalue weighted by Gasteiger charge is 2.31. The Kier molecular flexibility index (Phi) is 3.76. The number of likely N-dealkylation sites (tertiary alicyclic amines) is 1. The lowest BCUT2D eigenvalue weighted by atomic mass is 10.0. The van der Waals surface area contributed by atoms with Crippen molar-refractivity contribution in [3.05, 3.63) is 20.8 Å². The van der Waals surface area contributed by atoms with Crippen molar-refractivity contribution in [1.82, 2.24) is 4.90 Å². The summed E-state index contributed by atoms with van der Waals surface area (Å²) in [6.07, 6.45) is 0.513. The van der Waals surface area contributed by atoms with E-state index >= 15 is 0 Å². The number of carbonyl (C=O) groups is 1. The number of aliphatic hydroxyl groups excluding tert-OH is 1. The number of carbonyl (C=O) groups excluding carboxylic acids is 1. The molecule has 0 aromatic carbocycles. The first-order chi connectivity index (χ1) is 8.00. The molecule has 2 unspecified atom stereocenters. The molecular formula is C12H16ClNO2S. The second-order valence-electron chi connectivity index (χ2n) is 4.60. The first kappa shape index (κ1) is 12.9. The minimum absolute atomic E-state index is 0.00347. The number of rotatable bonds is 2. The maximum absolute atomic E-state index is 12.2. The predicted molar refractivity (Wildman–Crippen MR) is 69.8 cm³/mol.